The van der Waals surface area contributed by atoms with Crippen molar-refractivity contribution in [2.45, 2.75) is 33.0 Å². The molecule has 1 atom stereocenters. The number of hydrogen-bond acceptors (Lipinski definition) is 8. The third kappa shape index (κ3) is 4.24. The van der Waals surface area contributed by atoms with Gasteiger partial charge in [-0.1, -0.05) is 36.4 Å². The van der Waals surface area contributed by atoms with E-state index in [1.54, 1.807) is 24.1 Å². The van der Waals surface area contributed by atoms with Crippen molar-refractivity contribution < 1.29 is 8.42 Å². The van der Waals surface area contributed by atoms with Crippen LogP contribution in [0.4, 0.5) is 0 Å². The van der Waals surface area contributed by atoms with Gasteiger partial charge in [0.15, 0.2) is 6.17 Å². The van der Waals surface area contributed by atoms with E-state index >= 15 is 0 Å². The van der Waals surface area contributed by atoms with Crippen LogP contribution in [0, 0.1) is 5.41 Å². The van der Waals surface area contributed by atoms with E-state index in [-0.39, 0.29) is 17.6 Å². The fraction of sp³-hybridized carbons (Fsp3) is 1.00. The third-order valence-corrected chi connectivity index (χ3v) is 4.35. The zero-order valence-corrected chi connectivity index (χ0v) is 14.3. The topological polar surface area (TPSA) is 105 Å². The normalized spacial score (nSPS) is 19.0. The molecule has 0 unspecified atom stereocenters. The van der Waals surface area contributed by atoms with Gasteiger partial charge in [0.2, 0.25) is 0 Å². The average molecular weight is 320 g/mol. The molecule has 0 aromatic rings. The summed E-state index contributed by atoms with van der Waals surface area (Å²) in [5.74, 6) is 0. The molecule has 1 heterocycles. The van der Waals surface area contributed by atoms with Gasteiger partial charge < -0.3 is 0 Å². The molecule has 1 rings (SSSR count). The summed E-state index contributed by atoms with van der Waals surface area (Å²) in [6.07, 6.45) is -0.224. The summed E-state index contributed by atoms with van der Waals surface area (Å²) in [4.78, 5) is 2.07. The van der Waals surface area contributed by atoms with E-state index in [0.29, 0.717) is 0 Å². The molecule has 0 saturated carbocycles. The van der Waals surface area contributed by atoms with Crippen molar-refractivity contribution in [2.75, 3.05) is 28.2 Å². The highest BCUT2D eigenvalue weighted by atomic mass is 32.2. The first-order valence-electron chi connectivity index (χ1n) is 6.43. The van der Waals surface area contributed by atoms with Gasteiger partial charge >= 0.3 is 10.2 Å². The molecule has 0 saturated heterocycles. The molecule has 122 valence electrons. The van der Waals surface area contributed by atoms with Crippen LogP contribution in [0.1, 0.15) is 20.8 Å². The quantitative estimate of drug-likeness (QED) is 0.593. The predicted molar refractivity (Wildman–Crippen MR) is 78.0 cm³/mol. The minimum atomic E-state index is -3.64. The van der Waals surface area contributed by atoms with Gasteiger partial charge in [-0.3, -0.25) is 10.0 Å². The number of rotatable bonds is 5. The summed E-state index contributed by atoms with van der Waals surface area (Å²) < 4.78 is 24.3. The van der Waals surface area contributed by atoms with Crippen molar-refractivity contribution >= 4 is 10.2 Å². The Kier molecular flexibility index (Phi) is 5.10. The molecule has 10 nitrogen and oxygen atoms in total. The average Bonchev–Trinajstić information content (AvgIpc) is 2.63. The lowest BCUT2D eigenvalue weighted by Crippen LogP contribution is -2.49. The van der Waals surface area contributed by atoms with E-state index in [4.69, 9.17) is 0 Å². The Morgan fingerprint density at radius 1 is 1.19 bits per heavy atom. The van der Waals surface area contributed by atoms with Gasteiger partial charge in [0.25, 0.3) is 0 Å². The first kappa shape index (κ1) is 17.6. The van der Waals surface area contributed by atoms with Crippen LogP contribution in [-0.4, -0.2) is 63.1 Å². The molecular weight excluding hydrogens is 296 g/mol. The second-order valence-electron chi connectivity index (χ2n) is 6.14. The zero-order valence-electron chi connectivity index (χ0n) is 13.5. The lowest BCUT2D eigenvalue weighted by atomic mass is 9.85. The Balaban J connectivity index is 2.92. The second-order valence-corrected chi connectivity index (χ2v) is 8.01. The van der Waals surface area contributed by atoms with E-state index in [0.717, 1.165) is 4.31 Å². The fourth-order valence-corrected chi connectivity index (χ4v) is 2.10. The van der Waals surface area contributed by atoms with Gasteiger partial charge in [-0.15, -0.1) is 0 Å². The van der Waals surface area contributed by atoms with Crippen LogP contribution in [0.5, 0.6) is 0 Å². The standard InChI is InChI=1S/C10H24N8O2S/c1-10(2,3)8(9-17(6)13-14-18(9)7)11-12-15-21(19,20)16(4)5/h8-9H,1-7H3,(H,11,15)/t8-/m0/s1. The highest BCUT2D eigenvalue weighted by molar-refractivity contribution is 7.87. The van der Waals surface area contributed by atoms with E-state index in [1.165, 1.54) is 14.1 Å². The van der Waals surface area contributed by atoms with Crippen molar-refractivity contribution in [2.24, 2.45) is 26.2 Å². The molecule has 0 aromatic carbocycles. The van der Waals surface area contributed by atoms with E-state index in [1.807, 2.05) is 20.8 Å². The first-order valence-corrected chi connectivity index (χ1v) is 7.87. The Morgan fingerprint density at radius 3 is 2.05 bits per heavy atom. The summed E-state index contributed by atoms with van der Waals surface area (Å²) in [5.41, 5.74) is -0.254. The maximum Gasteiger partial charge on any atom is 0.317 e. The molecule has 1 N–H and O–H groups in total. The van der Waals surface area contributed by atoms with Crippen molar-refractivity contribution in [1.29, 1.82) is 0 Å². The lowest BCUT2D eigenvalue weighted by molar-refractivity contribution is 0.0757. The molecular formula is C10H24N8O2S. The molecule has 11 heteroatoms. The highest BCUT2D eigenvalue weighted by Gasteiger charge is 2.40. The largest absolute Gasteiger partial charge is 0.317 e. The summed E-state index contributed by atoms with van der Waals surface area (Å²) >= 11 is 0. The van der Waals surface area contributed by atoms with Crippen LogP contribution >= 0.6 is 0 Å². The zero-order chi connectivity index (χ0) is 16.4. The maximum atomic E-state index is 11.6. The van der Waals surface area contributed by atoms with Crippen LogP contribution in [-0.2, 0) is 10.2 Å². The van der Waals surface area contributed by atoms with E-state index < -0.39 is 10.2 Å². The Bertz CT molecular complexity index is 498. The van der Waals surface area contributed by atoms with Crippen LogP contribution in [0.3, 0.4) is 0 Å². The van der Waals surface area contributed by atoms with Gasteiger partial charge in [-0.05, 0) is 5.41 Å². The molecule has 0 aromatic heterocycles. The molecule has 21 heavy (non-hydrogen) atoms. The van der Waals surface area contributed by atoms with Gasteiger partial charge in [0.1, 0.15) is 6.04 Å². The van der Waals surface area contributed by atoms with E-state index in [9.17, 15) is 8.42 Å². The van der Waals surface area contributed by atoms with Gasteiger partial charge in [0.05, 0.1) is 0 Å². The molecule has 1 aliphatic heterocycles. The number of nitrogens with one attached hydrogen (secondary N) is 1. The molecule has 0 fully saturated rings. The molecule has 0 bridgehead atoms. The molecule has 0 amide bonds. The van der Waals surface area contributed by atoms with Crippen LogP contribution in [0.15, 0.2) is 20.8 Å². The highest BCUT2D eigenvalue weighted by Crippen LogP contribution is 2.31. The van der Waals surface area contributed by atoms with Crippen LogP contribution < -0.4 is 4.83 Å². The van der Waals surface area contributed by atoms with Crippen molar-refractivity contribution in [3.05, 3.63) is 0 Å². The predicted octanol–water partition coefficient (Wildman–Crippen LogP) is 0.650. The molecule has 1 aliphatic rings. The molecule has 0 aliphatic carbocycles. The maximum absolute atomic E-state index is 11.6. The van der Waals surface area contributed by atoms with Crippen molar-refractivity contribution in [3.63, 3.8) is 0 Å². The number of likely N-dealkylation sites (N-methyl/N-ethyl adjacent to an activating group) is 2. The molecule has 0 spiro atoms. The van der Waals surface area contributed by atoms with Crippen molar-refractivity contribution in [3.8, 4) is 0 Å². The van der Waals surface area contributed by atoms with Gasteiger partial charge in [-0.25, -0.2) is 0 Å². The Labute approximate surface area is 126 Å². The smallest absolute Gasteiger partial charge is 0.254 e. The minimum Gasteiger partial charge on any atom is -0.254 e. The van der Waals surface area contributed by atoms with Crippen LogP contribution in [0.25, 0.3) is 0 Å². The van der Waals surface area contributed by atoms with E-state index in [2.05, 4.69) is 25.6 Å². The summed E-state index contributed by atoms with van der Waals surface area (Å²) in [7, 11) is 2.76. The summed E-state index contributed by atoms with van der Waals surface area (Å²) in [5, 5.41) is 19.1. The van der Waals surface area contributed by atoms with Gasteiger partial charge in [-0.2, -0.15) is 22.7 Å². The summed E-state index contributed by atoms with van der Waals surface area (Å²) in [6, 6.07) is -0.327. The SMILES string of the molecule is CN1N=NN(C)C1[C@H](N=NNS(=O)(=O)N(C)C)C(C)(C)C. The first-order chi connectivity index (χ1) is 9.47. The van der Waals surface area contributed by atoms with Gasteiger partial charge in [0, 0.05) is 28.2 Å². The Hall–Kier alpha value is -1.49. The minimum absolute atomic E-state index is 0.224. The Morgan fingerprint density at radius 2 is 1.67 bits per heavy atom. The fourth-order valence-electron chi connectivity index (χ4n) is 1.78. The third-order valence-electron chi connectivity index (χ3n) is 3.08. The van der Waals surface area contributed by atoms with Crippen molar-refractivity contribution in [1.82, 2.24) is 19.2 Å². The van der Waals surface area contributed by atoms with Crippen LogP contribution in [0.2, 0.25) is 0 Å². The number of nitrogens with zero attached hydrogens (tertiary/aromatic N) is 7. The lowest BCUT2D eigenvalue weighted by Gasteiger charge is -2.35. The monoisotopic (exact) mass is 320 g/mol. The number of hydrogen-bond donors (Lipinski definition) is 1. The second kappa shape index (κ2) is 6.10. The summed E-state index contributed by atoms with van der Waals surface area (Å²) in [6.45, 7) is 5.99. The molecule has 0 radical (unpaired) electrons.